The number of benzene rings is 5. The number of aliphatic hydroxyl groups excluding tert-OH is 1. The van der Waals surface area contributed by atoms with Gasteiger partial charge in [-0.05, 0) is 116 Å². The highest BCUT2D eigenvalue weighted by Crippen LogP contribution is 2.58. The molecule has 5 atom stereocenters. The van der Waals surface area contributed by atoms with Crippen LogP contribution in [0.25, 0.3) is 0 Å². The molecule has 0 saturated carbocycles. The molecule has 13 nitrogen and oxygen atoms in total. The summed E-state index contributed by atoms with van der Waals surface area (Å²) in [7, 11) is 3.11. The summed E-state index contributed by atoms with van der Waals surface area (Å²) in [6, 6.07) is 33.4. The molecule has 1 spiro atoms. The zero-order valence-electron chi connectivity index (χ0n) is 36.0. The maximum Gasteiger partial charge on any atom is 0.264 e. The first-order valence-electron chi connectivity index (χ1n) is 21.1. The molecule has 13 heteroatoms. The van der Waals surface area contributed by atoms with E-state index in [0.717, 1.165) is 16.7 Å². The van der Waals surface area contributed by atoms with Gasteiger partial charge in [0.15, 0.2) is 5.60 Å². The van der Waals surface area contributed by atoms with Gasteiger partial charge in [0.1, 0.15) is 11.5 Å². The molecule has 0 unspecified atom stereocenters. The number of hydrogen-bond donors (Lipinski definition) is 4. The Morgan fingerprint density at radius 2 is 1.38 bits per heavy atom. The number of nitrogens with zero attached hydrogens (tertiary/aromatic N) is 2. The number of anilines is 3. The van der Waals surface area contributed by atoms with Crippen molar-refractivity contribution >= 4 is 40.7 Å². The number of nitrogens with one attached hydrogen (secondary N) is 2. The van der Waals surface area contributed by atoms with Crippen LogP contribution >= 0.6 is 0 Å². The van der Waals surface area contributed by atoms with E-state index in [1.165, 1.54) is 0 Å². The van der Waals surface area contributed by atoms with Crippen molar-refractivity contribution < 1.29 is 43.6 Å². The van der Waals surface area contributed by atoms with Gasteiger partial charge in [-0.25, -0.2) is 0 Å². The van der Waals surface area contributed by atoms with E-state index in [2.05, 4.69) is 10.6 Å². The predicted molar refractivity (Wildman–Crippen MR) is 238 cm³/mol. The summed E-state index contributed by atoms with van der Waals surface area (Å²) >= 11 is 0. The Bertz CT molecular complexity index is 2520. The fraction of sp³-hybridized carbons (Fsp3) is 0.320. The Morgan fingerprint density at radius 1 is 0.810 bits per heavy atom. The third kappa shape index (κ3) is 8.27. The lowest BCUT2D eigenvalue weighted by atomic mass is 9.70. The van der Waals surface area contributed by atoms with Gasteiger partial charge in [0.25, 0.3) is 17.7 Å². The average Bonchev–Trinajstić information content (AvgIpc) is 3.71. The normalized spacial score (nSPS) is 21.5. The van der Waals surface area contributed by atoms with Gasteiger partial charge < -0.3 is 44.9 Å². The predicted octanol–water partition coefficient (Wildman–Crippen LogP) is 6.71. The number of ether oxygens (including phenoxy) is 3. The standard InChI is InChI=1S/C50H52N4O9/c1-30-45(49(2,3)60)43(26-44(56)53-28-35-9-7-6-8-34(35)24-38(53)29-55)63-50(30)41-25-37(52-47(58)33-14-21-40(62-5)22-15-33)18-23-42(41)54(48(50)59)27-31-10-16-36(17-11-31)51-46(57)32-12-19-39(61-4)20-13-32/h6-23,25,30,38,43,45,55,60H,24,26-29H2,1-5H3,(H,51,57)(H,52,58)/t30-,38-,43+,45-,50+/m0/s1. The molecule has 5 aromatic carbocycles. The lowest BCUT2D eigenvalue weighted by Gasteiger charge is -2.38. The van der Waals surface area contributed by atoms with Crippen LogP contribution in [0.15, 0.2) is 115 Å². The maximum absolute atomic E-state index is 15.3. The second kappa shape index (κ2) is 17.3. The van der Waals surface area contributed by atoms with Crippen molar-refractivity contribution in [2.45, 2.75) is 70.1 Å². The van der Waals surface area contributed by atoms with Gasteiger partial charge in [-0.1, -0.05) is 43.3 Å². The minimum Gasteiger partial charge on any atom is -0.497 e. The molecule has 3 aliphatic rings. The van der Waals surface area contributed by atoms with Gasteiger partial charge in [0.2, 0.25) is 5.91 Å². The lowest BCUT2D eigenvalue weighted by Crippen LogP contribution is -2.48. The number of fused-ring (bicyclic) bond motifs is 3. The number of aliphatic hydroxyl groups is 2. The molecule has 3 aliphatic heterocycles. The summed E-state index contributed by atoms with van der Waals surface area (Å²) in [4.78, 5) is 59.5. The summed E-state index contributed by atoms with van der Waals surface area (Å²) in [6.07, 6.45) is -0.535. The van der Waals surface area contributed by atoms with Crippen LogP contribution in [0, 0.1) is 11.8 Å². The third-order valence-corrected chi connectivity index (χ3v) is 12.8. The Balaban J connectivity index is 1.11. The number of carbonyl (C=O) groups excluding carboxylic acids is 4. The molecule has 1 saturated heterocycles. The van der Waals surface area contributed by atoms with Gasteiger partial charge in [0.05, 0.1) is 57.2 Å². The molecule has 0 radical (unpaired) electrons. The Hall–Kier alpha value is -6.54. The third-order valence-electron chi connectivity index (χ3n) is 12.8. The van der Waals surface area contributed by atoms with Crippen LogP contribution in [0.1, 0.15) is 70.2 Å². The molecule has 0 aliphatic carbocycles. The van der Waals surface area contributed by atoms with Crippen LogP contribution in [-0.2, 0) is 39.4 Å². The van der Waals surface area contributed by atoms with Crippen molar-refractivity contribution in [1.29, 1.82) is 0 Å². The fourth-order valence-electron chi connectivity index (χ4n) is 9.61. The number of hydrogen-bond acceptors (Lipinski definition) is 9. The minimum absolute atomic E-state index is 0.135. The molecule has 326 valence electrons. The first-order valence-corrected chi connectivity index (χ1v) is 21.1. The van der Waals surface area contributed by atoms with Crippen molar-refractivity contribution in [3.05, 3.63) is 149 Å². The van der Waals surface area contributed by atoms with Crippen LogP contribution in [0.2, 0.25) is 0 Å². The van der Waals surface area contributed by atoms with Gasteiger partial charge >= 0.3 is 0 Å². The van der Waals surface area contributed by atoms with Crippen molar-refractivity contribution in [3.8, 4) is 11.5 Å². The van der Waals surface area contributed by atoms with Crippen LogP contribution in [0.4, 0.5) is 17.1 Å². The first-order chi connectivity index (χ1) is 30.2. The maximum atomic E-state index is 15.3. The highest BCUT2D eigenvalue weighted by Gasteiger charge is 2.66. The van der Waals surface area contributed by atoms with Crippen molar-refractivity contribution in [2.24, 2.45) is 11.8 Å². The summed E-state index contributed by atoms with van der Waals surface area (Å²) in [5.41, 5.74) is 2.72. The average molecular weight is 853 g/mol. The van der Waals surface area contributed by atoms with Gasteiger partial charge in [0, 0.05) is 46.4 Å². The number of amides is 4. The van der Waals surface area contributed by atoms with E-state index >= 15 is 4.79 Å². The Morgan fingerprint density at radius 3 is 1.95 bits per heavy atom. The summed E-state index contributed by atoms with van der Waals surface area (Å²) in [6.45, 7) is 5.44. The molecule has 0 aromatic heterocycles. The quantitative estimate of drug-likeness (QED) is 0.107. The second-order valence-electron chi connectivity index (χ2n) is 17.1. The van der Waals surface area contributed by atoms with E-state index in [-0.39, 0.29) is 43.2 Å². The molecular weight excluding hydrogens is 801 g/mol. The number of methoxy groups -OCH3 is 2. The van der Waals surface area contributed by atoms with E-state index in [9.17, 15) is 24.6 Å². The molecule has 63 heavy (non-hydrogen) atoms. The van der Waals surface area contributed by atoms with Crippen molar-refractivity contribution in [1.82, 2.24) is 4.90 Å². The minimum atomic E-state index is -1.65. The van der Waals surface area contributed by atoms with Gasteiger partial charge in [-0.2, -0.15) is 0 Å². The topological polar surface area (TPSA) is 167 Å². The largest absolute Gasteiger partial charge is 0.497 e. The molecular formula is C50H52N4O9. The molecule has 8 rings (SSSR count). The first kappa shape index (κ1) is 43.1. The molecule has 4 N–H and O–H groups in total. The molecule has 5 aromatic rings. The number of carbonyl (C=O) groups is 4. The molecule has 3 heterocycles. The zero-order valence-corrected chi connectivity index (χ0v) is 36.0. The highest BCUT2D eigenvalue weighted by molar-refractivity contribution is 6.09. The van der Waals surface area contributed by atoms with E-state index in [0.29, 0.717) is 58.2 Å². The fourth-order valence-corrected chi connectivity index (χ4v) is 9.61. The highest BCUT2D eigenvalue weighted by atomic mass is 16.5. The van der Waals surface area contributed by atoms with Gasteiger partial charge in [-0.15, -0.1) is 0 Å². The van der Waals surface area contributed by atoms with E-state index in [1.54, 1.807) is 117 Å². The molecule has 1 fully saturated rings. The monoisotopic (exact) mass is 852 g/mol. The summed E-state index contributed by atoms with van der Waals surface area (Å²) < 4.78 is 17.5. The summed E-state index contributed by atoms with van der Waals surface area (Å²) in [5.74, 6) is -1.37. The van der Waals surface area contributed by atoms with Crippen molar-refractivity contribution in [3.63, 3.8) is 0 Å². The van der Waals surface area contributed by atoms with Gasteiger partial charge in [-0.3, -0.25) is 19.2 Å². The van der Waals surface area contributed by atoms with Crippen molar-refractivity contribution in [2.75, 3.05) is 36.4 Å². The number of rotatable bonds is 12. The Labute approximate surface area is 366 Å². The van der Waals surface area contributed by atoms with E-state index in [4.69, 9.17) is 14.2 Å². The molecule has 4 amide bonds. The van der Waals surface area contributed by atoms with Crippen LogP contribution < -0.4 is 25.0 Å². The zero-order chi connectivity index (χ0) is 44.6. The SMILES string of the molecule is COc1ccc(C(=O)Nc2ccc(CN3C(=O)[C@]4(O[C@H](CC(=O)N5Cc6ccccc6C[C@H]5CO)[C@@H](C(C)(C)O)[C@@H]4C)c4cc(NC(=O)c5ccc(OC)cc5)ccc43)cc2)cc1. The Kier molecular flexibility index (Phi) is 11.9. The van der Waals surface area contributed by atoms with Crippen LogP contribution in [0.5, 0.6) is 11.5 Å². The second-order valence-corrected chi connectivity index (χ2v) is 17.1. The van der Waals surface area contributed by atoms with Crippen LogP contribution in [-0.4, -0.2) is 77.3 Å². The van der Waals surface area contributed by atoms with E-state index in [1.807, 2.05) is 43.3 Å². The lowest BCUT2D eigenvalue weighted by molar-refractivity contribution is -0.151. The molecule has 0 bridgehead atoms. The van der Waals surface area contributed by atoms with E-state index < -0.39 is 35.2 Å². The smallest absolute Gasteiger partial charge is 0.264 e. The van der Waals surface area contributed by atoms with Crippen LogP contribution in [0.3, 0.4) is 0 Å². The summed E-state index contributed by atoms with van der Waals surface area (Å²) in [5, 5.41) is 28.1.